The highest BCUT2D eigenvalue weighted by Gasteiger charge is 2.16. The largest absolute Gasteiger partial charge is 0.434 e. The Balaban J connectivity index is 1.26. The van der Waals surface area contributed by atoms with Gasteiger partial charge in [0.25, 0.3) is 5.91 Å². The van der Waals surface area contributed by atoms with E-state index < -0.39 is 5.63 Å². The zero-order chi connectivity index (χ0) is 24.6. The number of anilines is 1. The van der Waals surface area contributed by atoms with Crippen LogP contribution >= 0.6 is 0 Å². The number of hydrogen-bond acceptors (Lipinski definition) is 6. The van der Waals surface area contributed by atoms with E-state index in [-0.39, 0.29) is 5.91 Å². The summed E-state index contributed by atoms with van der Waals surface area (Å²) in [7, 11) is 0. The number of para-hydroxylation sites is 1. The van der Waals surface area contributed by atoms with Crippen LogP contribution < -0.4 is 10.9 Å². The number of aromatic nitrogens is 2. The molecule has 0 saturated heterocycles. The van der Waals surface area contributed by atoms with Crippen LogP contribution in [0.3, 0.4) is 0 Å². The molecule has 0 spiro atoms. The normalized spacial score (nSPS) is 11.1. The van der Waals surface area contributed by atoms with E-state index >= 15 is 0 Å². The van der Waals surface area contributed by atoms with Crippen LogP contribution in [-0.2, 0) is 0 Å². The molecule has 3 aromatic heterocycles. The van der Waals surface area contributed by atoms with Crippen molar-refractivity contribution in [3.8, 4) is 22.6 Å². The molecule has 174 valence electrons. The lowest BCUT2D eigenvalue weighted by Gasteiger charge is -2.11. The molecular formula is C29H19N3O4. The molecule has 1 amide bonds. The van der Waals surface area contributed by atoms with Crippen LogP contribution in [0.5, 0.6) is 0 Å². The summed E-state index contributed by atoms with van der Waals surface area (Å²) in [6.07, 6.45) is 1.66. The fraction of sp³-hybridized carbons (Fsp3) is 0.0345. The Morgan fingerprint density at radius 2 is 1.64 bits per heavy atom. The predicted octanol–water partition coefficient (Wildman–Crippen LogP) is 6.22. The SMILES string of the molecule is Cc1c(NC(=O)c2ccc(-c3cc4ccccc4oc3=O)cc2)cccc1-c1nc2ncccc2o1. The second-order valence-corrected chi connectivity index (χ2v) is 8.34. The highest BCUT2D eigenvalue weighted by atomic mass is 16.4. The first kappa shape index (κ1) is 21.5. The van der Waals surface area contributed by atoms with Gasteiger partial charge in [0.1, 0.15) is 5.58 Å². The topological polar surface area (TPSA) is 98.2 Å². The standard InChI is InChI=1S/C29H19N3O4/c1-17-21(28-32-26-25(35-28)10-5-15-30-26)7-4-8-23(17)31-27(33)19-13-11-18(12-14-19)22-16-20-6-2-3-9-24(20)36-29(22)34/h2-16H,1H3,(H,31,33). The molecule has 0 aliphatic heterocycles. The molecule has 0 saturated carbocycles. The number of nitrogens with zero attached hydrogens (tertiary/aromatic N) is 2. The Hall–Kier alpha value is -5.04. The van der Waals surface area contributed by atoms with Gasteiger partial charge in [0.2, 0.25) is 5.89 Å². The van der Waals surface area contributed by atoms with Gasteiger partial charge in [0.15, 0.2) is 11.2 Å². The molecule has 0 atom stereocenters. The maximum absolute atomic E-state index is 13.0. The minimum atomic E-state index is -0.423. The minimum Gasteiger partial charge on any atom is -0.434 e. The van der Waals surface area contributed by atoms with E-state index in [4.69, 9.17) is 8.83 Å². The van der Waals surface area contributed by atoms with Gasteiger partial charge in [0.05, 0.1) is 5.56 Å². The Morgan fingerprint density at radius 3 is 2.47 bits per heavy atom. The third-order valence-electron chi connectivity index (χ3n) is 6.08. The number of carbonyl (C=O) groups is 1. The van der Waals surface area contributed by atoms with Gasteiger partial charge in [-0.25, -0.2) is 9.78 Å². The summed E-state index contributed by atoms with van der Waals surface area (Å²) in [6.45, 7) is 1.90. The van der Waals surface area contributed by atoms with E-state index in [1.807, 2.05) is 49.4 Å². The third-order valence-corrected chi connectivity index (χ3v) is 6.08. The molecule has 0 bridgehead atoms. The third kappa shape index (κ3) is 3.82. The molecule has 0 aliphatic carbocycles. The number of nitrogens with one attached hydrogen (secondary N) is 1. The first-order valence-electron chi connectivity index (χ1n) is 11.3. The Morgan fingerprint density at radius 1 is 0.833 bits per heavy atom. The van der Waals surface area contributed by atoms with Crippen molar-refractivity contribution in [3.05, 3.63) is 113 Å². The van der Waals surface area contributed by atoms with Crippen LogP contribution in [-0.4, -0.2) is 15.9 Å². The predicted molar refractivity (Wildman–Crippen MR) is 138 cm³/mol. The first-order valence-corrected chi connectivity index (χ1v) is 11.3. The Kier molecular flexibility index (Phi) is 5.15. The molecule has 6 aromatic rings. The number of benzene rings is 3. The van der Waals surface area contributed by atoms with Gasteiger partial charge in [0, 0.05) is 28.4 Å². The molecule has 1 N–H and O–H groups in total. The summed E-state index contributed by atoms with van der Waals surface area (Å²) in [5, 5.41) is 3.79. The fourth-order valence-corrected chi connectivity index (χ4v) is 4.15. The highest BCUT2D eigenvalue weighted by Crippen LogP contribution is 2.30. The van der Waals surface area contributed by atoms with Crippen molar-refractivity contribution in [1.82, 2.24) is 9.97 Å². The molecule has 3 heterocycles. The van der Waals surface area contributed by atoms with Crippen molar-refractivity contribution in [3.63, 3.8) is 0 Å². The molecule has 36 heavy (non-hydrogen) atoms. The molecule has 7 heteroatoms. The monoisotopic (exact) mass is 473 g/mol. The van der Waals surface area contributed by atoms with Crippen molar-refractivity contribution in [2.75, 3.05) is 5.32 Å². The van der Waals surface area contributed by atoms with Crippen molar-refractivity contribution >= 4 is 33.8 Å². The second-order valence-electron chi connectivity index (χ2n) is 8.34. The summed E-state index contributed by atoms with van der Waals surface area (Å²) in [4.78, 5) is 34.2. The summed E-state index contributed by atoms with van der Waals surface area (Å²) >= 11 is 0. The Labute approximate surface area is 205 Å². The van der Waals surface area contributed by atoms with Crippen molar-refractivity contribution in [2.45, 2.75) is 6.92 Å². The summed E-state index contributed by atoms with van der Waals surface area (Å²) in [6, 6.07) is 25.2. The molecule has 0 unspecified atom stereocenters. The van der Waals surface area contributed by atoms with Gasteiger partial charge in [-0.3, -0.25) is 4.79 Å². The lowest BCUT2D eigenvalue weighted by atomic mass is 10.0. The maximum Gasteiger partial charge on any atom is 0.344 e. The Bertz CT molecular complexity index is 1780. The van der Waals surface area contributed by atoms with E-state index in [1.165, 1.54) is 0 Å². The van der Waals surface area contributed by atoms with Crippen molar-refractivity contribution < 1.29 is 13.6 Å². The number of carbonyl (C=O) groups excluding carboxylic acids is 1. The maximum atomic E-state index is 13.0. The highest BCUT2D eigenvalue weighted by molar-refractivity contribution is 6.05. The first-order chi connectivity index (χ1) is 17.6. The van der Waals surface area contributed by atoms with Crippen LogP contribution in [0.25, 0.3) is 44.8 Å². The van der Waals surface area contributed by atoms with E-state index in [0.717, 1.165) is 16.5 Å². The van der Waals surface area contributed by atoms with Gasteiger partial charge in [-0.2, -0.15) is 4.98 Å². The van der Waals surface area contributed by atoms with Gasteiger partial charge >= 0.3 is 5.63 Å². The van der Waals surface area contributed by atoms with Gasteiger partial charge in [-0.15, -0.1) is 0 Å². The molecule has 0 aliphatic rings. The van der Waals surface area contributed by atoms with Crippen LogP contribution in [0.15, 0.2) is 105 Å². The quantitative estimate of drug-likeness (QED) is 0.305. The number of fused-ring (bicyclic) bond motifs is 2. The lowest BCUT2D eigenvalue weighted by molar-refractivity contribution is 0.102. The molecule has 0 fully saturated rings. The van der Waals surface area contributed by atoms with Crippen LogP contribution in [0.1, 0.15) is 15.9 Å². The van der Waals surface area contributed by atoms with E-state index in [2.05, 4.69) is 15.3 Å². The van der Waals surface area contributed by atoms with Gasteiger partial charge in [-0.05, 0) is 66.6 Å². The average Bonchev–Trinajstić information content (AvgIpc) is 3.34. The minimum absolute atomic E-state index is 0.272. The van der Waals surface area contributed by atoms with Crippen LogP contribution in [0.2, 0.25) is 0 Å². The van der Waals surface area contributed by atoms with Gasteiger partial charge in [-0.1, -0.05) is 36.4 Å². The molecular weight excluding hydrogens is 454 g/mol. The summed E-state index contributed by atoms with van der Waals surface area (Å²) < 4.78 is 11.3. The lowest BCUT2D eigenvalue weighted by Crippen LogP contribution is -2.13. The summed E-state index contributed by atoms with van der Waals surface area (Å²) in [5.41, 5.74) is 5.05. The fourth-order valence-electron chi connectivity index (χ4n) is 4.15. The average molecular weight is 473 g/mol. The molecule has 0 radical (unpaired) electrons. The zero-order valence-corrected chi connectivity index (χ0v) is 19.2. The smallest absolute Gasteiger partial charge is 0.344 e. The van der Waals surface area contributed by atoms with E-state index in [1.54, 1.807) is 48.7 Å². The molecule has 7 nitrogen and oxygen atoms in total. The molecule has 6 rings (SSSR count). The number of rotatable bonds is 4. The van der Waals surface area contributed by atoms with E-state index in [9.17, 15) is 9.59 Å². The number of amides is 1. The van der Waals surface area contributed by atoms with Crippen LogP contribution in [0.4, 0.5) is 5.69 Å². The van der Waals surface area contributed by atoms with E-state index in [0.29, 0.717) is 45.1 Å². The van der Waals surface area contributed by atoms with Crippen molar-refractivity contribution in [1.29, 1.82) is 0 Å². The second kappa shape index (κ2) is 8.63. The number of hydrogen-bond donors (Lipinski definition) is 1. The number of oxazole rings is 1. The number of pyridine rings is 1. The van der Waals surface area contributed by atoms with Gasteiger partial charge < -0.3 is 14.2 Å². The zero-order valence-electron chi connectivity index (χ0n) is 19.2. The van der Waals surface area contributed by atoms with Crippen LogP contribution in [0, 0.1) is 6.92 Å². The molecule has 3 aromatic carbocycles. The van der Waals surface area contributed by atoms with Crippen molar-refractivity contribution in [2.24, 2.45) is 0 Å². The summed E-state index contributed by atoms with van der Waals surface area (Å²) in [5.74, 6) is 0.169.